The van der Waals surface area contributed by atoms with Crippen molar-refractivity contribution in [3.8, 4) is 0 Å². The quantitative estimate of drug-likeness (QED) is 0.826. The summed E-state index contributed by atoms with van der Waals surface area (Å²) in [6.45, 7) is 0. The monoisotopic (exact) mass is 225 g/mol. The van der Waals surface area contributed by atoms with E-state index in [2.05, 4.69) is 0 Å². The lowest BCUT2D eigenvalue weighted by molar-refractivity contribution is -0.138. The van der Waals surface area contributed by atoms with Crippen LogP contribution in [-0.2, 0) is 4.79 Å². The molecule has 1 aromatic rings. The highest BCUT2D eigenvalue weighted by Crippen LogP contribution is 2.10. The molecule has 0 aromatic heterocycles. The van der Waals surface area contributed by atoms with Crippen molar-refractivity contribution in [1.29, 1.82) is 0 Å². The molecular formula is C11H12ClNO2. The van der Waals surface area contributed by atoms with Gasteiger partial charge in [-0.15, -0.1) is 0 Å². The van der Waals surface area contributed by atoms with Crippen molar-refractivity contribution in [3.63, 3.8) is 0 Å². The van der Waals surface area contributed by atoms with Crippen LogP contribution in [0.4, 0.5) is 0 Å². The van der Waals surface area contributed by atoms with Gasteiger partial charge in [0.25, 0.3) is 0 Å². The molecule has 0 fully saturated rings. The van der Waals surface area contributed by atoms with Gasteiger partial charge in [-0.1, -0.05) is 35.9 Å². The minimum atomic E-state index is -0.990. The summed E-state index contributed by atoms with van der Waals surface area (Å²) in [5.74, 6) is -0.990. The van der Waals surface area contributed by atoms with Crippen LogP contribution >= 0.6 is 11.6 Å². The second-order valence-corrected chi connectivity index (χ2v) is 3.57. The van der Waals surface area contributed by atoms with Crippen molar-refractivity contribution >= 4 is 23.6 Å². The molecule has 0 spiro atoms. The molecule has 1 rings (SSSR count). The van der Waals surface area contributed by atoms with E-state index >= 15 is 0 Å². The van der Waals surface area contributed by atoms with E-state index in [1.165, 1.54) is 0 Å². The molecule has 0 saturated heterocycles. The van der Waals surface area contributed by atoms with E-state index in [1.54, 1.807) is 18.2 Å². The number of hydrogen-bond donors (Lipinski definition) is 2. The van der Waals surface area contributed by atoms with E-state index in [0.717, 1.165) is 5.56 Å². The van der Waals surface area contributed by atoms with Crippen LogP contribution < -0.4 is 5.73 Å². The van der Waals surface area contributed by atoms with Crippen molar-refractivity contribution in [1.82, 2.24) is 0 Å². The van der Waals surface area contributed by atoms with E-state index in [9.17, 15) is 4.79 Å². The zero-order chi connectivity index (χ0) is 11.3. The summed E-state index contributed by atoms with van der Waals surface area (Å²) in [5, 5.41) is 9.21. The van der Waals surface area contributed by atoms with Crippen molar-refractivity contribution in [2.75, 3.05) is 0 Å². The molecule has 80 valence electrons. The summed E-state index contributed by atoms with van der Waals surface area (Å²) in [7, 11) is 0. The van der Waals surface area contributed by atoms with Gasteiger partial charge in [0.15, 0.2) is 0 Å². The predicted molar refractivity (Wildman–Crippen MR) is 60.7 cm³/mol. The van der Waals surface area contributed by atoms with E-state index in [0.29, 0.717) is 11.4 Å². The van der Waals surface area contributed by atoms with Gasteiger partial charge in [-0.25, -0.2) is 0 Å². The van der Waals surface area contributed by atoms with Crippen LogP contribution in [-0.4, -0.2) is 17.1 Å². The van der Waals surface area contributed by atoms with Crippen molar-refractivity contribution in [3.05, 3.63) is 40.9 Å². The number of rotatable bonds is 4. The van der Waals surface area contributed by atoms with E-state index in [-0.39, 0.29) is 0 Å². The Morgan fingerprint density at radius 1 is 1.47 bits per heavy atom. The topological polar surface area (TPSA) is 63.3 Å². The van der Waals surface area contributed by atoms with Gasteiger partial charge in [-0.05, 0) is 24.1 Å². The van der Waals surface area contributed by atoms with Crippen molar-refractivity contribution in [2.24, 2.45) is 5.73 Å². The fourth-order valence-corrected chi connectivity index (χ4v) is 1.15. The highest BCUT2D eigenvalue weighted by atomic mass is 35.5. The molecule has 15 heavy (non-hydrogen) atoms. The summed E-state index contributed by atoms with van der Waals surface area (Å²) in [6.07, 6.45) is 3.87. The lowest BCUT2D eigenvalue weighted by Gasteiger charge is -2.00. The molecule has 3 N–H and O–H groups in total. The zero-order valence-electron chi connectivity index (χ0n) is 8.06. The Morgan fingerprint density at radius 2 is 2.07 bits per heavy atom. The summed E-state index contributed by atoms with van der Waals surface area (Å²) in [5.41, 5.74) is 6.30. The van der Waals surface area contributed by atoms with Crippen LogP contribution in [0.2, 0.25) is 5.02 Å². The van der Waals surface area contributed by atoms with Gasteiger partial charge >= 0.3 is 5.97 Å². The molecule has 0 aliphatic rings. The summed E-state index contributed by atoms with van der Waals surface area (Å²) in [4.78, 5) is 10.4. The predicted octanol–water partition coefficient (Wildman–Crippen LogP) is 2.16. The molecule has 3 nitrogen and oxygen atoms in total. The second kappa shape index (κ2) is 5.53. The molecule has 0 heterocycles. The van der Waals surface area contributed by atoms with E-state index in [1.807, 2.05) is 18.2 Å². The molecule has 0 aliphatic carbocycles. The average Bonchev–Trinajstić information content (AvgIpc) is 2.20. The Morgan fingerprint density at radius 3 is 2.60 bits per heavy atom. The standard InChI is InChI=1S/C11H12ClNO2/c12-9-6-4-8(5-7-9)2-1-3-10(13)11(14)15/h1-2,4-7,10H,3,13H2,(H,14,15)/b2-1+/t10-/m0/s1. The normalized spacial score (nSPS) is 12.9. The smallest absolute Gasteiger partial charge is 0.320 e. The van der Waals surface area contributed by atoms with Gasteiger partial charge in [-0.3, -0.25) is 4.79 Å². The fourth-order valence-electron chi connectivity index (χ4n) is 1.03. The first kappa shape index (κ1) is 11.8. The van der Waals surface area contributed by atoms with Gasteiger partial charge < -0.3 is 10.8 Å². The maximum atomic E-state index is 10.4. The first-order valence-electron chi connectivity index (χ1n) is 4.50. The minimum absolute atomic E-state index is 0.317. The zero-order valence-corrected chi connectivity index (χ0v) is 8.82. The molecule has 0 unspecified atom stereocenters. The molecular weight excluding hydrogens is 214 g/mol. The molecule has 1 atom stereocenters. The summed E-state index contributed by atoms with van der Waals surface area (Å²) < 4.78 is 0. The third kappa shape index (κ3) is 4.14. The number of carboxylic acid groups (broad SMARTS) is 1. The first-order chi connectivity index (χ1) is 7.09. The number of nitrogens with two attached hydrogens (primary N) is 1. The van der Waals surface area contributed by atoms with Crippen LogP contribution in [0.3, 0.4) is 0 Å². The van der Waals surface area contributed by atoms with E-state index in [4.69, 9.17) is 22.4 Å². The lowest BCUT2D eigenvalue weighted by Crippen LogP contribution is -2.29. The van der Waals surface area contributed by atoms with E-state index < -0.39 is 12.0 Å². The first-order valence-corrected chi connectivity index (χ1v) is 4.88. The Labute approximate surface area is 93.2 Å². The largest absolute Gasteiger partial charge is 0.480 e. The Bertz CT molecular complexity index is 359. The Balaban J connectivity index is 2.51. The maximum absolute atomic E-state index is 10.4. The number of benzene rings is 1. The highest BCUT2D eigenvalue weighted by molar-refractivity contribution is 6.30. The number of halogens is 1. The van der Waals surface area contributed by atoms with Crippen LogP contribution in [0.15, 0.2) is 30.3 Å². The minimum Gasteiger partial charge on any atom is -0.480 e. The summed E-state index contributed by atoms with van der Waals surface area (Å²) >= 11 is 5.72. The van der Waals surface area contributed by atoms with Crippen LogP contribution in [0, 0.1) is 0 Å². The molecule has 0 aliphatic heterocycles. The van der Waals surface area contributed by atoms with Gasteiger partial charge in [0.2, 0.25) is 0 Å². The average molecular weight is 226 g/mol. The van der Waals surface area contributed by atoms with Crippen LogP contribution in [0.1, 0.15) is 12.0 Å². The van der Waals surface area contributed by atoms with Crippen molar-refractivity contribution < 1.29 is 9.90 Å². The van der Waals surface area contributed by atoms with Crippen LogP contribution in [0.25, 0.3) is 6.08 Å². The SMILES string of the molecule is N[C@@H](C/C=C/c1ccc(Cl)cc1)C(=O)O. The molecule has 4 heteroatoms. The maximum Gasteiger partial charge on any atom is 0.320 e. The number of hydrogen-bond acceptors (Lipinski definition) is 2. The molecule has 1 aromatic carbocycles. The lowest BCUT2D eigenvalue weighted by atomic mass is 10.1. The number of carbonyl (C=O) groups is 1. The number of aliphatic carboxylic acids is 1. The molecule has 0 saturated carbocycles. The van der Waals surface area contributed by atoms with Crippen LogP contribution in [0.5, 0.6) is 0 Å². The highest BCUT2D eigenvalue weighted by Gasteiger charge is 2.07. The van der Waals surface area contributed by atoms with Gasteiger partial charge in [0.1, 0.15) is 6.04 Å². The fraction of sp³-hybridized carbons (Fsp3) is 0.182. The third-order valence-corrected chi connectivity index (χ3v) is 2.14. The molecule has 0 amide bonds. The van der Waals surface area contributed by atoms with Gasteiger partial charge in [0.05, 0.1) is 0 Å². The molecule has 0 radical (unpaired) electrons. The Kier molecular flexibility index (Phi) is 4.34. The number of carboxylic acids is 1. The summed E-state index contributed by atoms with van der Waals surface area (Å²) in [6, 6.07) is 6.42. The Hall–Kier alpha value is -1.32. The molecule has 0 bridgehead atoms. The second-order valence-electron chi connectivity index (χ2n) is 3.13. The van der Waals surface area contributed by atoms with Crippen molar-refractivity contribution in [2.45, 2.75) is 12.5 Å². The van der Waals surface area contributed by atoms with Gasteiger partial charge in [0, 0.05) is 5.02 Å². The van der Waals surface area contributed by atoms with Gasteiger partial charge in [-0.2, -0.15) is 0 Å². The third-order valence-electron chi connectivity index (χ3n) is 1.89.